The van der Waals surface area contributed by atoms with Crippen molar-refractivity contribution in [1.29, 1.82) is 0 Å². The SMILES string of the molecule is O=C(Nc1cc(C(F)(F)F)ccc1-n1cccn1)c1ccc(F)cc1F. The summed E-state index contributed by atoms with van der Waals surface area (Å²) in [5.74, 6) is -3.03. The molecule has 9 heteroatoms. The molecule has 0 saturated heterocycles. The summed E-state index contributed by atoms with van der Waals surface area (Å²) < 4.78 is 66.9. The molecule has 26 heavy (non-hydrogen) atoms. The van der Waals surface area contributed by atoms with Crippen molar-refractivity contribution < 1.29 is 26.7 Å². The first-order valence-electron chi connectivity index (χ1n) is 7.23. The zero-order chi connectivity index (χ0) is 18.9. The van der Waals surface area contributed by atoms with Gasteiger partial charge in [-0.3, -0.25) is 4.79 Å². The maximum atomic E-state index is 13.7. The number of hydrogen-bond donors (Lipinski definition) is 1. The minimum atomic E-state index is -4.64. The van der Waals surface area contributed by atoms with Gasteiger partial charge < -0.3 is 5.32 Å². The van der Waals surface area contributed by atoms with Gasteiger partial charge in [0.25, 0.3) is 5.91 Å². The number of carbonyl (C=O) groups excluding carboxylic acids is 1. The molecule has 1 amide bonds. The summed E-state index contributed by atoms with van der Waals surface area (Å²) in [5, 5.41) is 6.13. The highest BCUT2D eigenvalue weighted by Gasteiger charge is 2.31. The molecular formula is C17H10F5N3O. The average Bonchev–Trinajstić information content (AvgIpc) is 3.08. The molecule has 1 heterocycles. The van der Waals surface area contributed by atoms with Crippen LogP contribution in [0.15, 0.2) is 54.9 Å². The van der Waals surface area contributed by atoms with Gasteiger partial charge in [-0.2, -0.15) is 18.3 Å². The van der Waals surface area contributed by atoms with Gasteiger partial charge in [0.2, 0.25) is 0 Å². The summed E-state index contributed by atoms with van der Waals surface area (Å²) in [7, 11) is 0. The van der Waals surface area contributed by atoms with Crippen LogP contribution in [0.4, 0.5) is 27.6 Å². The summed E-state index contributed by atoms with van der Waals surface area (Å²) in [6.45, 7) is 0. The number of alkyl halides is 3. The highest BCUT2D eigenvalue weighted by molar-refractivity contribution is 6.05. The predicted molar refractivity (Wildman–Crippen MR) is 82.9 cm³/mol. The Morgan fingerprint density at radius 2 is 1.85 bits per heavy atom. The molecule has 0 atom stereocenters. The van der Waals surface area contributed by atoms with E-state index in [4.69, 9.17) is 0 Å². The molecule has 0 fully saturated rings. The van der Waals surface area contributed by atoms with Gasteiger partial charge in [-0.1, -0.05) is 0 Å². The first-order valence-corrected chi connectivity index (χ1v) is 7.23. The van der Waals surface area contributed by atoms with Crippen molar-refractivity contribution in [2.45, 2.75) is 6.18 Å². The molecule has 3 rings (SSSR count). The fraction of sp³-hybridized carbons (Fsp3) is 0.0588. The van der Waals surface area contributed by atoms with E-state index in [2.05, 4.69) is 10.4 Å². The van der Waals surface area contributed by atoms with Crippen LogP contribution in [0.3, 0.4) is 0 Å². The molecule has 0 unspecified atom stereocenters. The number of amides is 1. The Bertz CT molecular complexity index is 952. The lowest BCUT2D eigenvalue weighted by Gasteiger charge is -2.15. The van der Waals surface area contributed by atoms with Crippen molar-refractivity contribution in [1.82, 2.24) is 9.78 Å². The van der Waals surface area contributed by atoms with Crippen LogP contribution in [0.25, 0.3) is 5.69 Å². The Kier molecular flexibility index (Phi) is 4.45. The highest BCUT2D eigenvalue weighted by Crippen LogP contribution is 2.33. The molecule has 0 saturated carbocycles. The van der Waals surface area contributed by atoms with Gasteiger partial charge in [-0.15, -0.1) is 0 Å². The second-order valence-corrected chi connectivity index (χ2v) is 5.26. The monoisotopic (exact) mass is 367 g/mol. The van der Waals surface area contributed by atoms with Crippen molar-refractivity contribution in [3.05, 3.63) is 77.6 Å². The third-order valence-electron chi connectivity index (χ3n) is 3.50. The molecule has 0 spiro atoms. The fourth-order valence-corrected chi connectivity index (χ4v) is 2.29. The highest BCUT2D eigenvalue weighted by atomic mass is 19.4. The van der Waals surface area contributed by atoms with Crippen molar-refractivity contribution in [3.63, 3.8) is 0 Å². The normalized spacial score (nSPS) is 11.4. The van der Waals surface area contributed by atoms with Crippen LogP contribution >= 0.6 is 0 Å². The first-order chi connectivity index (χ1) is 12.3. The zero-order valence-corrected chi connectivity index (χ0v) is 12.9. The van der Waals surface area contributed by atoms with E-state index in [0.717, 1.165) is 30.3 Å². The van der Waals surface area contributed by atoms with Gasteiger partial charge >= 0.3 is 6.18 Å². The molecule has 2 aromatic carbocycles. The topological polar surface area (TPSA) is 46.9 Å². The van der Waals surface area contributed by atoms with Crippen molar-refractivity contribution in [2.24, 2.45) is 0 Å². The maximum Gasteiger partial charge on any atom is 0.416 e. The molecule has 1 N–H and O–H groups in total. The van der Waals surface area contributed by atoms with E-state index in [-0.39, 0.29) is 11.4 Å². The van der Waals surface area contributed by atoms with Crippen molar-refractivity contribution in [3.8, 4) is 5.69 Å². The van der Waals surface area contributed by atoms with Crippen LogP contribution in [-0.4, -0.2) is 15.7 Å². The van der Waals surface area contributed by atoms with Gasteiger partial charge in [0, 0.05) is 18.5 Å². The standard InChI is InChI=1S/C17H10F5N3O/c18-11-3-4-12(13(19)9-11)16(26)24-14-8-10(17(20,21)22)2-5-15(14)25-7-1-6-23-25/h1-9H,(H,24,26). The minimum Gasteiger partial charge on any atom is -0.320 e. The lowest BCUT2D eigenvalue weighted by molar-refractivity contribution is -0.137. The van der Waals surface area contributed by atoms with E-state index in [1.165, 1.54) is 17.1 Å². The number of rotatable bonds is 3. The summed E-state index contributed by atoms with van der Waals surface area (Å²) in [6, 6.07) is 6.52. The molecule has 3 aromatic rings. The number of carbonyl (C=O) groups is 1. The number of nitrogens with zero attached hydrogens (tertiary/aromatic N) is 2. The van der Waals surface area contributed by atoms with E-state index in [0.29, 0.717) is 6.07 Å². The molecule has 134 valence electrons. The average molecular weight is 367 g/mol. The second kappa shape index (κ2) is 6.58. The van der Waals surface area contributed by atoms with Crippen molar-refractivity contribution in [2.75, 3.05) is 5.32 Å². The number of hydrogen-bond acceptors (Lipinski definition) is 2. The van der Waals surface area contributed by atoms with Gasteiger partial charge in [0.1, 0.15) is 11.6 Å². The van der Waals surface area contributed by atoms with Crippen LogP contribution < -0.4 is 5.32 Å². The third-order valence-corrected chi connectivity index (χ3v) is 3.50. The molecule has 0 aliphatic rings. The second-order valence-electron chi connectivity index (χ2n) is 5.26. The van der Waals surface area contributed by atoms with Gasteiger partial charge in [-0.25, -0.2) is 13.5 Å². The summed E-state index contributed by atoms with van der Waals surface area (Å²) in [6.07, 6.45) is -1.76. The van der Waals surface area contributed by atoms with E-state index < -0.39 is 34.8 Å². The molecule has 1 aromatic heterocycles. The largest absolute Gasteiger partial charge is 0.416 e. The van der Waals surface area contributed by atoms with Crippen LogP contribution in [0.5, 0.6) is 0 Å². The summed E-state index contributed by atoms with van der Waals surface area (Å²) >= 11 is 0. The molecular weight excluding hydrogens is 357 g/mol. The molecule has 0 radical (unpaired) electrons. The predicted octanol–water partition coefficient (Wildman–Crippen LogP) is 4.42. The van der Waals surface area contributed by atoms with Crippen LogP contribution in [0, 0.1) is 11.6 Å². The maximum absolute atomic E-state index is 13.7. The Balaban J connectivity index is 2.02. The van der Waals surface area contributed by atoms with E-state index in [1.54, 1.807) is 6.07 Å². The quantitative estimate of drug-likeness (QED) is 0.697. The third kappa shape index (κ3) is 3.56. The van der Waals surface area contributed by atoms with Gasteiger partial charge in [0.05, 0.1) is 22.5 Å². The molecule has 0 aliphatic heterocycles. The Morgan fingerprint density at radius 1 is 1.08 bits per heavy atom. The lowest BCUT2D eigenvalue weighted by Crippen LogP contribution is -2.17. The molecule has 4 nitrogen and oxygen atoms in total. The van der Waals surface area contributed by atoms with Crippen molar-refractivity contribution >= 4 is 11.6 Å². The van der Waals surface area contributed by atoms with E-state index >= 15 is 0 Å². The Morgan fingerprint density at radius 3 is 2.46 bits per heavy atom. The number of nitrogens with one attached hydrogen (secondary N) is 1. The molecule has 0 bridgehead atoms. The first kappa shape index (κ1) is 17.6. The number of halogens is 5. The minimum absolute atomic E-state index is 0.152. The Labute approximate surface area is 143 Å². The fourth-order valence-electron chi connectivity index (χ4n) is 2.29. The van der Waals surface area contributed by atoms with Crippen LogP contribution in [0.2, 0.25) is 0 Å². The number of benzene rings is 2. The van der Waals surface area contributed by atoms with Gasteiger partial charge in [-0.05, 0) is 36.4 Å². The van der Waals surface area contributed by atoms with Gasteiger partial charge in [0.15, 0.2) is 0 Å². The van der Waals surface area contributed by atoms with E-state index in [1.807, 2.05) is 0 Å². The number of anilines is 1. The van der Waals surface area contributed by atoms with E-state index in [9.17, 15) is 26.7 Å². The van der Waals surface area contributed by atoms with Crippen LogP contribution in [0.1, 0.15) is 15.9 Å². The zero-order valence-electron chi connectivity index (χ0n) is 12.9. The summed E-state index contributed by atoms with van der Waals surface area (Å²) in [5.41, 5.74) is -1.57. The molecule has 0 aliphatic carbocycles. The number of aromatic nitrogens is 2. The van der Waals surface area contributed by atoms with Crippen LogP contribution in [-0.2, 0) is 6.18 Å². The smallest absolute Gasteiger partial charge is 0.320 e. The summed E-state index contributed by atoms with van der Waals surface area (Å²) in [4.78, 5) is 12.2. The lowest BCUT2D eigenvalue weighted by atomic mass is 10.1. The Hall–Kier alpha value is -3.23.